The molecule has 0 radical (unpaired) electrons. The van der Waals surface area contributed by atoms with Gasteiger partial charge < -0.3 is 0 Å². The van der Waals surface area contributed by atoms with Gasteiger partial charge in [-0.2, -0.15) is 0 Å². The van der Waals surface area contributed by atoms with Crippen LogP contribution in [-0.4, -0.2) is 4.98 Å². The van der Waals surface area contributed by atoms with Crippen LogP contribution in [0.3, 0.4) is 0 Å². The molecule has 1 aromatic carbocycles. The molecule has 3 heteroatoms. The predicted octanol–water partition coefficient (Wildman–Crippen LogP) is 2.87. The summed E-state index contributed by atoms with van der Waals surface area (Å²) in [5.41, 5.74) is 6.32. The summed E-state index contributed by atoms with van der Waals surface area (Å²) in [4.78, 5) is 4.26. The molecule has 100 valence electrons. The van der Waals surface area contributed by atoms with E-state index < -0.39 is 0 Å². The van der Waals surface area contributed by atoms with Crippen LogP contribution in [0.4, 0.5) is 0 Å². The highest BCUT2D eigenvalue weighted by Crippen LogP contribution is 2.36. The van der Waals surface area contributed by atoms with E-state index in [1.54, 1.807) is 0 Å². The fourth-order valence-corrected chi connectivity index (χ4v) is 2.49. The van der Waals surface area contributed by atoms with E-state index in [1.165, 1.54) is 5.56 Å². The second kappa shape index (κ2) is 5.51. The van der Waals surface area contributed by atoms with Crippen molar-refractivity contribution in [3.8, 4) is 0 Å². The molecule has 1 unspecified atom stereocenters. The topological polar surface area (TPSA) is 50.9 Å². The van der Waals surface area contributed by atoms with Gasteiger partial charge in [-0.1, -0.05) is 50.2 Å². The second-order valence-electron chi connectivity index (χ2n) is 5.48. The smallest absolute Gasteiger partial charge is 0.0566 e. The Labute approximate surface area is 114 Å². The molecule has 0 saturated carbocycles. The summed E-state index contributed by atoms with van der Waals surface area (Å²) in [6, 6.07) is 12.5. The van der Waals surface area contributed by atoms with Crippen LogP contribution in [0.15, 0.2) is 48.8 Å². The fourth-order valence-electron chi connectivity index (χ4n) is 2.49. The summed E-state index contributed by atoms with van der Waals surface area (Å²) in [6.07, 6.45) is 3.73. The zero-order valence-corrected chi connectivity index (χ0v) is 11.7. The molecule has 0 aliphatic heterocycles. The van der Waals surface area contributed by atoms with Crippen LogP contribution in [0.25, 0.3) is 0 Å². The van der Waals surface area contributed by atoms with E-state index in [4.69, 9.17) is 5.84 Å². The average molecular weight is 255 g/mol. The minimum atomic E-state index is -0.120. The summed E-state index contributed by atoms with van der Waals surface area (Å²) in [7, 11) is 0. The number of hydrogen-bond acceptors (Lipinski definition) is 3. The molecule has 3 N–H and O–H groups in total. The van der Waals surface area contributed by atoms with Gasteiger partial charge >= 0.3 is 0 Å². The van der Waals surface area contributed by atoms with Crippen LogP contribution in [0, 0.1) is 6.92 Å². The number of nitrogens with zero attached hydrogens (tertiary/aromatic N) is 1. The normalized spacial score (nSPS) is 13.3. The lowest BCUT2D eigenvalue weighted by Gasteiger charge is -2.34. The third-order valence-corrected chi connectivity index (χ3v) is 3.64. The Morgan fingerprint density at radius 1 is 1.16 bits per heavy atom. The Bertz CT molecular complexity index is 535. The molecule has 0 aliphatic rings. The molecule has 0 saturated heterocycles. The number of rotatable bonds is 4. The Hall–Kier alpha value is -1.71. The van der Waals surface area contributed by atoms with Gasteiger partial charge in [0.25, 0.3) is 0 Å². The van der Waals surface area contributed by atoms with Crippen molar-refractivity contribution in [3.63, 3.8) is 0 Å². The third kappa shape index (κ3) is 2.83. The van der Waals surface area contributed by atoms with Gasteiger partial charge in [-0.05, 0) is 23.6 Å². The number of nitrogens with one attached hydrogen (secondary N) is 1. The van der Waals surface area contributed by atoms with Crippen LogP contribution in [0.5, 0.6) is 0 Å². The Kier molecular flexibility index (Phi) is 3.98. The summed E-state index contributed by atoms with van der Waals surface area (Å²) < 4.78 is 0. The van der Waals surface area contributed by atoms with Gasteiger partial charge in [0, 0.05) is 17.8 Å². The van der Waals surface area contributed by atoms with Crippen molar-refractivity contribution in [1.82, 2.24) is 10.4 Å². The van der Waals surface area contributed by atoms with E-state index in [2.05, 4.69) is 54.6 Å². The molecule has 0 aliphatic carbocycles. The van der Waals surface area contributed by atoms with Crippen molar-refractivity contribution < 1.29 is 0 Å². The zero-order chi connectivity index (χ0) is 13.9. The molecule has 2 aromatic rings. The molecule has 0 fully saturated rings. The van der Waals surface area contributed by atoms with Gasteiger partial charge in [-0.3, -0.25) is 16.3 Å². The molecule has 3 nitrogen and oxygen atoms in total. The SMILES string of the molecule is Cc1cncc(C(NN)C(C)(C)c2ccccc2)c1. The maximum absolute atomic E-state index is 5.80. The highest BCUT2D eigenvalue weighted by Gasteiger charge is 2.31. The van der Waals surface area contributed by atoms with Gasteiger partial charge in [0.2, 0.25) is 0 Å². The maximum Gasteiger partial charge on any atom is 0.0566 e. The van der Waals surface area contributed by atoms with E-state index in [1.807, 2.05) is 25.4 Å². The summed E-state index contributed by atoms with van der Waals surface area (Å²) >= 11 is 0. The zero-order valence-electron chi connectivity index (χ0n) is 11.7. The lowest BCUT2D eigenvalue weighted by molar-refractivity contribution is 0.352. The Morgan fingerprint density at radius 2 is 1.84 bits per heavy atom. The number of pyridine rings is 1. The van der Waals surface area contributed by atoms with Crippen LogP contribution in [0.1, 0.15) is 36.6 Å². The monoisotopic (exact) mass is 255 g/mol. The van der Waals surface area contributed by atoms with Gasteiger partial charge in [0.1, 0.15) is 0 Å². The lowest BCUT2D eigenvalue weighted by Crippen LogP contribution is -2.41. The highest BCUT2D eigenvalue weighted by molar-refractivity contribution is 5.31. The van der Waals surface area contributed by atoms with Crippen molar-refractivity contribution in [2.75, 3.05) is 0 Å². The predicted molar refractivity (Wildman–Crippen MR) is 78.5 cm³/mol. The molecule has 0 amide bonds. The first-order chi connectivity index (χ1) is 9.05. The van der Waals surface area contributed by atoms with E-state index in [-0.39, 0.29) is 11.5 Å². The first-order valence-electron chi connectivity index (χ1n) is 6.49. The first kappa shape index (κ1) is 13.7. The molecule has 1 aromatic heterocycles. The van der Waals surface area contributed by atoms with Gasteiger partial charge in [0.15, 0.2) is 0 Å². The van der Waals surface area contributed by atoms with E-state index >= 15 is 0 Å². The average Bonchev–Trinajstić information content (AvgIpc) is 2.40. The number of hydrogen-bond donors (Lipinski definition) is 2. The van der Waals surface area contributed by atoms with Crippen LogP contribution >= 0.6 is 0 Å². The van der Waals surface area contributed by atoms with Crippen molar-refractivity contribution in [2.24, 2.45) is 5.84 Å². The molecule has 19 heavy (non-hydrogen) atoms. The number of aryl methyl sites for hydroxylation is 1. The molecule has 1 atom stereocenters. The summed E-state index contributed by atoms with van der Waals surface area (Å²) in [5, 5.41) is 0. The molecule has 0 spiro atoms. The number of benzene rings is 1. The molecule has 2 rings (SSSR count). The Morgan fingerprint density at radius 3 is 2.42 bits per heavy atom. The van der Waals surface area contributed by atoms with E-state index in [9.17, 15) is 0 Å². The number of nitrogens with two attached hydrogens (primary N) is 1. The van der Waals surface area contributed by atoms with Crippen LogP contribution < -0.4 is 11.3 Å². The van der Waals surface area contributed by atoms with Crippen molar-refractivity contribution in [3.05, 3.63) is 65.5 Å². The molecule has 0 bridgehead atoms. The molecular weight excluding hydrogens is 234 g/mol. The van der Waals surface area contributed by atoms with Gasteiger partial charge in [-0.15, -0.1) is 0 Å². The largest absolute Gasteiger partial charge is 0.271 e. The molecular formula is C16H21N3. The first-order valence-corrected chi connectivity index (χ1v) is 6.49. The van der Waals surface area contributed by atoms with Crippen LogP contribution in [-0.2, 0) is 5.41 Å². The lowest BCUT2D eigenvalue weighted by atomic mass is 9.75. The second-order valence-corrected chi connectivity index (χ2v) is 5.48. The molecule has 1 heterocycles. The van der Waals surface area contributed by atoms with Gasteiger partial charge in [-0.25, -0.2) is 0 Å². The van der Waals surface area contributed by atoms with Crippen molar-refractivity contribution >= 4 is 0 Å². The van der Waals surface area contributed by atoms with E-state index in [0.717, 1.165) is 11.1 Å². The van der Waals surface area contributed by atoms with Crippen molar-refractivity contribution in [1.29, 1.82) is 0 Å². The van der Waals surface area contributed by atoms with Gasteiger partial charge in [0.05, 0.1) is 6.04 Å². The maximum atomic E-state index is 5.80. The summed E-state index contributed by atoms with van der Waals surface area (Å²) in [6.45, 7) is 6.42. The quantitative estimate of drug-likeness (QED) is 0.652. The number of aromatic nitrogens is 1. The van der Waals surface area contributed by atoms with Crippen molar-refractivity contribution in [2.45, 2.75) is 32.2 Å². The number of hydrazine groups is 1. The standard InChI is InChI=1S/C16H21N3/c1-12-9-13(11-18-10-12)15(19-17)16(2,3)14-7-5-4-6-8-14/h4-11,15,19H,17H2,1-3H3. The van der Waals surface area contributed by atoms with E-state index in [0.29, 0.717) is 0 Å². The fraction of sp³-hybridized carbons (Fsp3) is 0.312. The minimum absolute atomic E-state index is 0.0160. The van der Waals surface area contributed by atoms with Crippen LogP contribution in [0.2, 0.25) is 0 Å². The minimum Gasteiger partial charge on any atom is -0.271 e. The summed E-state index contributed by atoms with van der Waals surface area (Å²) in [5.74, 6) is 5.80. The Balaban J connectivity index is 2.41. The highest BCUT2D eigenvalue weighted by atomic mass is 15.2. The third-order valence-electron chi connectivity index (χ3n) is 3.64.